The lowest BCUT2D eigenvalue weighted by Crippen LogP contribution is -2.53. The minimum Gasteiger partial charge on any atom is -0.346 e. The standard InChI is InChI=1S/C14H26N2O2/c1-2-7-16-8-3-4-11-9-14(6-5-12(11)16)17-10-13(15)18-14/h11-13H,2-10,15H2,1H3. The summed E-state index contributed by atoms with van der Waals surface area (Å²) in [5, 5.41) is 0. The van der Waals surface area contributed by atoms with Crippen molar-refractivity contribution in [3.05, 3.63) is 0 Å². The number of hydrogen-bond donors (Lipinski definition) is 1. The average Bonchev–Trinajstić information content (AvgIpc) is 2.71. The molecule has 0 radical (unpaired) electrons. The number of fused-ring (bicyclic) bond motifs is 1. The summed E-state index contributed by atoms with van der Waals surface area (Å²) in [5.74, 6) is 0.403. The summed E-state index contributed by atoms with van der Waals surface area (Å²) >= 11 is 0. The van der Waals surface area contributed by atoms with E-state index in [1.807, 2.05) is 0 Å². The van der Waals surface area contributed by atoms with Crippen molar-refractivity contribution in [3.63, 3.8) is 0 Å². The normalized spacial score (nSPS) is 45.3. The molecule has 1 saturated carbocycles. The summed E-state index contributed by atoms with van der Waals surface area (Å²) in [7, 11) is 0. The Morgan fingerprint density at radius 2 is 2.28 bits per heavy atom. The highest BCUT2D eigenvalue weighted by Crippen LogP contribution is 2.44. The predicted molar refractivity (Wildman–Crippen MR) is 70.0 cm³/mol. The molecule has 2 saturated heterocycles. The fourth-order valence-electron chi connectivity index (χ4n) is 4.12. The second kappa shape index (κ2) is 5.08. The number of rotatable bonds is 2. The molecule has 3 fully saturated rings. The zero-order valence-electron chi connectivity index (χ0n) is 11.4. The van der Waals surface area contributed by atoms with Gasteiger partial charge in [0.25, 0.3) is 0 Å². The van der Waals surface area contributed by atoms with Crippen molar-refractivity contribution < 1.29 is 9.47 Å². The van der Waals surface area contributed by atoms with Crippen LogP contribution in [0.2, 0.25) is 0 Å². The van der Waals surface area contributed by atoms with Gasteiger partial charge in [-0.15, -0.1) is 0 Å². The number of hydrogen-bond acceptors (Lipinski definition) is 4. The van der Waals surface area contributed by atoms with E-state index in [9.17, 15) is 0 Å². The molecule has 0 aromatic carbocycles. The van der Waals surface area contributed by atoms with Gasteiger partial charge in [0.2, 0.25) is 0 Å². The van der Waals surface area contributed by atoms with Gasteiger partial charge in [-0.2, -0.15) is 0 Å². The second-order valence-electron chi connectivity index (χ2n) is 6.13. The predicted octanol–water partition coefficient (Wildman–Crippen LogP) is 1.69. The van der Waals surface area contributed by atoms with E-state index in [1.165, 1.54) is 38.8 Å². The zero-order chi connectivity index (χ0) is 12.6. The first kappa shape index (κ1) is 12.9. The highest BCUT2D eigenvalue weighted by atomic mass is 16.7. The van der Waals surface area contributed by atoms with Crippen molar-refractivity contribution in [1.29, 1.82) is 0 Å². The van der Waals surface area contributed by atoms with E-state index in [0.717, 1.165) is 24.8 Å². The first-order valence-corrected chi connectivity index (χ1v) is 7.54. The quantitative estimate of drug-likeness (QED) is 0.814. The molecule has 4 nitrogen and oxygen atoms in total. The molecule has 2 N–H and O–H groups in total. The number of nitrogens with two attached hydrogens (primary N) is 1. The number of likely N-dealkylation sites (tertiary alicyclic amines) is 1. The van der Waals surface area contributed by atoms with Crippen molar-refractivity contribution in [2.45, 2.75) is 63.5 Å². The van der Waals surface area contributed by atoms with Crippen LogP contribution in [0.5, 0.6) is 0 Å². The van der Waals surface area contributed by atoms with Gasteiger partial charge in [-0.05, 0) is 44.7 Å². The number of ether oxygens (including phenoxy) is 2. The average molecular weight is 254 g/mol. The molecule has 4 heteroatoms. The Hall–Kier alpha value is -0.160. The van der Waals surface area contributed by atoms with Crippen LogP contribution in [-0.2, 0) is 9.47 Å². The van der Waals surface area contributed by atoms with Gasteiger partial charge >= 0.3 is 0 Å². The van der Waals surface area contributed by atoms with Gasteiger partial charge in [0.05, 0.1) is 6.61 Å². The second-order valence-corrected chi connectivity index (χ2v) is 6.13. The molecule has 4 atom stereocenters. The first-order chi connectivity index (χ1) is 8.72. The van der Waals surface area contributed by atoms with Gasteiger partial charge in [-0.3, -0.25) is 0 Å². The van der Waals surface area contributed by atoms with Gasteiger partial charge in [0.1, 0.15) is 6.23 Å². The van der Waals surface area contributed by atoms with Crippen molar-refractivity contribution in [2.24, 2.45) is 11.7 Å². The minimum atomic E-state index is -0.337. The number of nitrogens with zero attached hydrogens (tertiary/aromatic N) is 1. The molecule has 3 aliphatic rings. The van der Waals surface area contributed by atoms with Crippen LogP contribution in [0.3, 0.4) is 0 Å². The summed E-state index contributed by atoms with van der Waals surface area (Å²) in [5.41, 5.74) is 5.83. The van der Waals surface area contributed by atoms with Crippen LogP contribution >= 0.6 is 0 Å². The van der Waals surface area contributed by atoms with Gasteiger partial charge in [-0.1, -0.05) is 6.92 Å². The summed E-state index contributed by atoms with van der Waals surface area (Å²) < 4.78 is 11.7. The maximum atomic E-state index is 5.87. The Bertz CT molecular complexity index is 298. The lowest BCUT2D eigenvalue weighted by molar-refractivity contribution is -0.209. The Kier molecular flexibility index (Phi) is 3.63. The minimum absolute atomic E-state index is 0.211. The van der Waals surface area contributed by atoms with Crippen molar-refractivity contribution in [1.82, 2.24) is 4.90 Å². The van der Waals surface area contributed by atoms with Crippen molar-refractivity contribution >= 4 is 0 Å². The van der Waals surface area contributed by atoms with Crippen molar-refractivity contribution in [3.8, 4) is 0 Å². The smallest absolute Gasteiger partial charge is 0.171 e. The molecule has 2 aliphatic heterocycles. The van der Waals surface area contributed by atoms with E-state index in [0.29, 0.717) is 6.61 Å². The zero-order valence-corrected chi connectivity index (χ0v) is 11.4. The lowest BCUT2D eigenvalue weighted by atomic mass is 9.75. The van der Waals surface area contributed by atoms with Gasteiger partial charge in [0, 0.05) is 18.9 Å². The first-order valence-electron chi connectivity index (χ1n) is 7.54. The van der Waals surface area contributed by atoms with E-state index in [-0.39, 0.29) is 12.0 Å². The lowest BCUT2D eigenvalue weighted by Gasteiger charge is -2.48. The summed E-state index contributed by atoms with van der Waals surface area (Å²) in [4.78, 5) is 2.69. The molecular weight excluding hydrogens is 228 g/mol. The van der Waals surface area contributed by atoms with Crippen LogP contribution < -0.4 is 5.73 Å². The Balaban J connectivity index is 1.66. The van der Waals surface area contributed by atoms with Crippen LogP contribution in [-0.4, -0.2) is 42.7 Å². The van der Waals surface area contributed by atoms with Crippen LogP contribution in [0.1, 0.15) is 45.4 Å². The van der Waals surface area contributed by atoms with Crippen molar-refractivity contribution in [2.75, 3.05) is 19.7 Å². The van der Waals surface area contributed by atoms with E-state index >= 15 is 0 Å². The third-order valence-corrected chi connectivity index (χ3v) is 4.82. The fraction of sp³-hybridized carbons (Fsp3) is 1.00. The van der Waals surface area contributed by atoms with E-state index in [4.69, 9.17) is 15.2 Å². The van der Waals surface area contributed by atoms with Crippen LogP contribution in [0.25, 0.3) is 0 Å². The van der Waals surface area contributed by atoms with Crippen LogP contribution in [0.4, 0.5) is 0 Å². The third kappa shape index (κ3) is 2.31. The monoisotopic (exact) mass is 254 g/mol. The highest BCUT2D eigenvalue weighted by Gasteiger charge is 2.48. The highest BCUT2D eigenvalue weighted by molar-refractivity contribution is 4.95. The fourth-order valence-corrected chi connectivity index (χ4v) is 4.12. The Morgan fingerprint density at radius 3 is 3.00 bits per heavy atom. The molecule has 3 rings (SSSR count). The Morgan fingerprint density at radius 1 is 1.39 bits per heavy atom. The molecule has 0 bridgehead atoms. The van der Waals surface area contributed by atoms with Gasteiger partial charge in [0.15, 0.2) is 5.79 Å². The largest absolute Gasteiger partial charge is 0.346 e. The van der Waals surface area contributed by atoms with E-state index < -0.39 is 0 Å². The molecular formula is C14H26N2O2. The molecule has 0 aromatic rings. The topological polar surface area (TPSA) is 47.7 Å². The summed E-state index contributed by atoms with van der Waals surface area (Å²) in [6.45, 7) is 5.37. The van der Waals surface area contributed by atoms with Crippen LogP contribution in [0, 0.1) is 5.92 Å². The summed E-state index contributed by atoms with van der Waals surface area (Å²) in [6.07, 6.45) is 6.96. The third-order valence-electron chi connectivity index (χ3n) is 4.82. The molecule has 1 aliphatic carbocycles. The molecule has 4 unspecified atom stereocenters. The maximum Gasteiger partial charge on any atom is 0.171 e. The van der Waals surface area contributed by atoms with Gasteiger partial charge in [-0.25, -0.2) is 0 Å². The number of piperidine rings is 1. The van der Waals surface area contributed by atoms with E-state index in [1.54, 1.807) is 0 Å². The van der Waals surface area contributed by atoms with Crippen LogP contribution in [0.15, 0.2) is 0 Å². The molecule has 104 valence electrons. The van der Waals surface area contributed by atoms with E-state index in [2.05, 4.69) is 11.8 Å². The Labute approximate surface area is 110 Å². The molecule has 0 amide bonds. The molecule has 2 heterocycles. The van der Waals surface area contributed by atoms with Gasteiger partial charge < -0.3 is 20.1 Å². The molecule has 0 aromatic heterocycles. The SMILES string of the molecule is CCCN1CCCC2CC3(CCC21)OCC(N)O3. The summed E-state index contributed by atoms with van der Waals surface area (Å²) in [6, 6.07) is 0.758. The molecule has 18 heavy (non-hydrogen) atoms. The maximum absolute atomic E-state index is 5.87. The molecule has 1 spiro atoms.